The molecule has 31 heavy (non-hydrogen) atoms. The maximum absolute atomic E-state index is 10.6. The van der Waals surface area contributed by atoms with Crippen molar-refractivity contribution < 1.29 is 37.3 Å². The minimum absolute atomic E-state index is 0.0267. The number of rotatable bonds is 5. The van der Waals surface area contributed by atoms with E-state index in [0.717, 1.165) is 71.7 Å². The number of ether oxygens (including phenoxy) is 3. The number of aromatic nitrogens is 1. The van der Waals surface area contributed by atoms with Crippen LogP contribution in [0.5, 0.6) is 0 Å². The van der Waals surface area contributed by atoms with Gasteiger partial charge in [0.2, 0.25) is 0 Å². The summed E-state index contributed by atoms with van der Waals surface area (Å²) >= 11 is 1.76. The Morgan fingerprint density at radius 3 is 2.74 bits per heavy atom. The van der Waals surface area contributed by atoms with Gasteiger partial charge in [0.15, 0.2) is 0 Å². The van der Waals surface area contributed by atoms with Gasteiger partial charge < -0.3 is 19.3 Å². The average Bonchev–Trinajstić information content (AvgIpc) is 3.43. The minimum Gasteiger partial charge on any atom is -0.475 e. The van der Waals surface area contributed by atoms with E-state index in [1.807, 2.05) is 5.51 Å². The Kier molecular flexibility index (Phi) is 8.31. The summed E-state index contributed by atoms with van der Waals surface area (Å²) in [7, 11) is 0. The highest BCUT2D eigenvalue weighted by Crippen LogP contribution is 2.37. The van der Waals surface area contributed by atoms with Gasteiger partial charge in [-0.25, -0.2) is 9.78 Å². The second-order valence-electron chi connectivity index (χ2n) is 8.33. The third kappa shape index (κ3) is 7.11. The molecule has 1 spiro atoms. The van der Waals surface area contributed by atoms with Crippen LogP contribution in [0.3, 0.4) is 0 Å². The maximum Gasteiger partial charge on any atom is 0.490 e. The lowest BCUT2D eigenvalue weighted by atomic mass is 9.98. The molecule has 3 fully saturated rings. The molecular formula is C20H29F3N2O5S. The van der Waals surface area contributed by atoms with E-state index in [4.69, 9.17) is 24.1 Å². The zero-order chi connectivity index (χ0) is 22.5. The number of hydrogen-bond donors (Lipinski definition) is 1. The first-order valence-electron chi connectivity index (χ1n) is 10.4. The summed E-state index contributed by atoms with van der Waals surface area (Å²) in [5, 5.41) is 7.12. The van der Waals surface area contributed by atoms with Crippen LogP contribution in [0, 0.1) is 12.8 Å². The summed E-state index contributed by atoms with van der Waals surface area (Å²) in [5.74, 6) is -2.09. The second-order valence-corrected chi connectivity index (χ2v) is 9.27. The van der Waals surface area contributed by atoms with Crippen molar-refractivity contribution in [3.63, 3.8) is 0 Å². The highest BCUT2D eigenvalue weighted by molar-refractivity contribution is 7.09. The molecule has 4 heterocycles. The summed E-state index contributed by atoms with van der Waals surface area (Å²) in [4.78, 5) is 17.2. The molecule has 1 N–H and O–H groups in total. The number of likely N-dealkylation sites (tertiary alicyclic amines) is 1. The van der Waals surface area contributed by atoms with E-state index in [2.05, 4.69) is 16.8 Å². The van der Waals surface area contributed by atoms with Crippen LogP contribution in [-0.2, 0) is 25.5 Å². The number of carboxylic acids is 1. The Morgan fingerprint density at radius 1 is 1.42 bits per heavy atom. The van der Waals surface area contributed by atoms with Crippen molar-refractivity contribution in [2.24, 2.45) is 5.92 Å². The van der Waals surface area contributed by atoms with Crippen molar-refractivity contribution in [3.8, 4) is 0 Å². The number of halogens is 3. The Hall–Kier alpha value is -1.27. The molecule has 0 radical (unpaired) electrons. The van der Waals surface area contributed by atoms with E-state index < -0.39 is 12.1 Å². The van der Waals surface area contributed by atoms with Gasteiger partial charge >= 0.3 is 12.1 Å². The van der Waals surface area contributed by atoms with Gasteiger partial charge in [0.25, 0.3) is 0 Å². The van der Waals surface area contributed by atoms with Crippen molar-refractivity contribution in [3.05, 3.63) is 16.1 Å². The maximum atomic E-state index is 10.6. The van der Waals surface area contributed by atoms with Gasteiger partial charge in [0.1, 0.15) is 0 Å². The third-order valence-corrected chi connectivity index (χ3v) is 6.85. The number of aryl methyl sites for hydroxylation is 1. The number of carbonyl (C=O) groups is 1. The Morgan fingerprint density at radius 2 is 2.13 bits per heavy atom. The van der Waals surface area contributed by atoms with Gasteiger partial charge in [0, 0.05) is 44.1 Å². The van der Waals surface area contributed by atoms with Crippen LogP contribution in [-0.4, -0.2) is 78.4 Å². The summed E-state index contributed by atoms with van der Waals surface area (Å²) in [5.41, 5.74) is 3.15. The monoisotopic (exact) mass is 466 g/mol. The van der Waals surface area contributed by atoms with Gasteiger partial charge in [-0.1, -0.05) is 0 Å². The first-order chi connectivity index (χ1) is 14.7. The van der Waals surface area contributed by atoms with Crippen molar-refractivity contribution in [1.82, 2.24) is 9.88 Å². The summed E-state index contributed by atoms with van der Waals surface area (Å²) in [6, 6.07) is 0. The fourth-order valence-corrected chi connectivity index (χ4v) is 4.94. The summed E-state index contributed by atoms with van der Waals surface area (Å²) in [6.45, 7) is 8.68. The van der Waals surface area contributed by atoms with Crippen molar-refractivity contribution in [1.29, 1.82) is 0 Å². The van der Waals surface area contributed by atoms with E-state index >= 15 is 0 Å². The number of carboxylic acid groups (broad SMARTS) is 1. The molecule has 3 saturated heterocycles. The fourth-order valence-electron chi connectivity index (χ4n) is 4.12. The molecule has 1 aromatic heterocycles. The molecule has 3 aliphatic rings. The van der Waals surface area contributed by atoms with E-state index in [1.165, 1.54) is 10.6 Å². The predicted octanol–water partition coefficient (Wildman–Crippen LogP) is 3.26. The van der Waals surface area contributed by atoms with Crippen LogP contribution in [0.1, 0.15) is 36.3 Å². The lowest BCUT2D eigenvalue weighted by molar-refractivity contribution is -0.192. The molecule has 2 atom stereocenters. The molecule has 0 bridgehead atoms. The molecule has 3 aliphatic heterocycles. The molecule has 0 aromatic carbocycles. The molecule has 0 amide bonds. The number of thiazole rings is 1. The first-order valence-corrected chi connectivity index (χ1v) is 11.3. The van der Waals surface area contributed by atoms with E-state index in [0.29, 0.717) is 5.92 Å². The Balaban J connectivity index is 0.000000339. The number of nitrogens with zero attached hydrogens (tertiary/aromatic N) is 2. The van der Waals surface area contributed by atoms with Crippen LogP contribution in [0.25, 0.3) is 0 Å². The van der Waals surface area contributed by atoms with Crippen molar-refractivity contribution in [2.75, 3.05) is 39.5 Å². The zero-order valence-corrected chi connectivity index (χ0v) is 18.3. The molecule has 176 valence electrons. The largest absolute Gasteiger partial charge is 0.490 e. The molecule has 11 heteroatoms. The van der Waals surface area contributed by atoms with Crippen LogP contribution >= 0.6 is 11.3 Å². The topological polar surface area (TPSA) is 81.1 Å². The van der Waals surface area contributed by atoms with Crippen LogP contribution in [0.4, 0.5) is 13.2 Å². The standard InChI is InChI=1S/C18H28N2O3S.C2HF3O2/c1-14-17(24-13-19-14)9-20-5-4-18(12-20)8-16(11-23-18)22-10-15-2-6-21-7-3-15;3-2(4,5)1(6)7/h13,15-16H,2-12H2,1H3;(H,6,7)/t16-,18+;/m1./s1. The number of alkyl halides is 3. The smallest absolute Gasteiger partial charge is 0.475 e. The highest BCUT2D eigenvalue weighted by atomic mass is 32.1. The second kappa shape index (κ2) is 10.6. The van der Waals surface area contributed by atoms with Gasteiger partial charge in [-0.05, 0) is 32.1 Å². The lowest BCUT2D eigenvalue weighted by Crippen LogP contribution is -2.33. The molecule has 0 unspecified atom stereocenters. The number of hydrogen-bond acceptors (Lipinski definition) is 7. The quantitative estimate of drug-likeness (QED) is 0.713. The molecule has 7 nitrogen and oxygen atoms in total. The number of aliphatic carboxylic acids is 1. The molecule has 4 rings (SSSR count). The lowest BCUT2D eigenvalue weighted by Gasteiger charge is -2.24. The van der Waals surface area contributed by atoms with Gasteiger partial charge in [0.05, 0.1) is 36.1 Å². The minimum atomic E-state index is -5.08. The normalized spacial score (nSPS) is 27.4. The van der Waals surface area contributed by atoms with Crippen LogP contribution in [0.15, 0.2) is 5.51 Å². The molecule has 0 aliphatic carbocycles. The van der Waals surface area contributed by atoms with Crippen molar-refractivity contribution >= 4 is 17.3 Å². The molecular weight excluding hydrogens is 437 g/mol. The summed E-state index contributed by atoms with van der Waals surface area (Å²) in [6.07, 6.45) is -0.351. The SMILES string of the molecule is Cc1ncsc1CN1CC[C@]2(C[C@@H](OCC3CCOCC3)CO2)C1.O=C(O)C(F)(F)F. The Bertz CT molecular complexity index is 726. The van der Waals surface area contributed by atoms with Crippen LogP contribution in [0.2, 0.25) is 0 Å². The van der Waals surface area contributed by atoms with Gasteiger partial charge in [-0.15, -0.1) is 11.3 Å². The third-order valence-electron chi connectivity index (χ3n) is 5.93. The van der Waals surface area contributed by atoms with E-state index in [9.17, 15) is 13.2 Å². The first kappa shape index (κ1) is 24.4. The zero-order valence-electron chi connectivity index (χ0n) is 17.5. The Labute approximate surface area is 183 Å². The van der Waals surface area contributed by atoms with Gasteiger partial charge in [-0.3, -0.25) is 4.90 Å². The fraction of sp³-hybridized carbons (Fsp3) is 0.800. The molecule has 1 aromatic rings. The van der Waals surface area contributed by atoms with E-state index in [-0.39, 0.29) is 11.7 Å². The predicted molar refractivity (Wildman–Crippen MR) is 107 cm³/mol. The summed E-state index contributed by atoms with van der Waals surface area (Å²) < 4.78 is 49.6. The highest BCUT2D eigenvalue weighted by Gasteiger charge is 2.46. The van der Waals surface area contributed by atoms with Gasteiger partial charge in [-0.2, -0.15) is 13.2 Å². The van der Waals surface area contributed by atoms with E-state index in [1.54, 1.807) is 11.3 Å². The molecule has 0 saturated carbocycles. The average molecular weight is 467 g/mol. The van der Waals surface area contributed by atoms with Crippen molar-refractivity contribution in [2.45, 2.75) is 57.0 Å². The van der Waals surface area contributed by atoms with Crippen LogP contribution < -0.4 is 0 Å².